The molecule has 0 radical (unpaired) electrons. The molecule has 9 nitrogen and oxygen atoms in total. The van der Waals surface area contributed by atoms with Crippen molar-refractivity contribution < 1.29 is 14.3 Å². The lowest BCUT2D eigenvalue weighted by molar-refractivity contribution is 0.0752. The maximum Gasteiger partial charge on any atom is 0.276 e. The van der Waals surface area contributed by atoms with Gasteiger partial charge in [-0.1, -0.05) is 17.3 Å². The Hall–Kier alpha value is -3.36. The number of imidazole rings is 1. The quantitative estimate of drug-likeness (QED) is 0.731. The van der Waals surface area contributed by atoms with Crippen molar-refractivity contribution in [1.29, 1.82) is 0 Å². The van der Waals surface area contributed by atoms with Gasteiger partial charge in [0.1, 0.15) is 12.4 Å². The monoisotopic (exact) mass is 368 g/mol. The van der Waals surface area contributed by atoms with Crippen molar-refractivity contribution in [2.45, 2.75) is 26.1 Å². The van der Waals surface area contributed by atoms with Gasteiger partial charge in [0.15, 0.2) is 23.3 Å². The number of para-hydroxylation sites is 2. The molecule has 0 unspecified atom stereocenters. The minimum Gasteiger partial charge on any atom is -0.486 e. The van der Waals surface area contributed by atoms with E-state index < -0.39 is 0 Å². The highest BCUT2D eigenvalue weighted by molar-refractivity contribution is 5.91. The van der Waals surface area contributed by atoms with Gasteiger partial charge in [-0.3, -0.25) is 4.79 Å². The summed E-state index contributed by atoms with van der Waals surface area (Å²) in [5.41, 5.74) is 1.23. The van der Waals surface area contributed by atoms with E-state index in [9.17, 15) is 4.79 Å². The van der Waals surface area contributed by atoms with E-state index in [0.717, 1.165) is 17.3 Å². The van der Waals surface area contributed by atoms with Gasteiger partial charge in [-0.25, -0.2) is 9.67 Å². The maximum atomic E-state index is 12.5. The molecular weight excluding hydrogens is 348 g/mol. The highest BCUT2D eigenvalue weighted by Gasteiger charge is 2.23. The standard InChI is InChI=1S/C18H20N6O3/c1-12-7-19-17(20-12)10-23(2)18(25)14-9-24(22-21-14)8-13-11-26-15-5-3-4-6-16(15)27-13/h3-7,9,13H,8,10-11H2,1-2H3,(H,19,20)/t13-/m0/s1. The summed E-state index contributed by atoms with van der Waals surface area (Å²) < 4.78 is 13.2. The van der Waals surface area contributed by atoms with Crippen LogP contribution in [0.15, 0.2) is 36.7 Å². The number of aromatic nitrogens is 5. The molecule has 3 aromatic rings. The first-order valence-corrected chi connectivity index (χ1v) is 8.63. The Balaban J connectivity index is 1.37. The molecule has 1 aromatic carbocycles. The third kappa shape index (κ3) is 3.76. The Kier molecular flexibility index (Phi) is 4.49. The smallest absolute Gasteiger partial charge is 0.276 e. The number of nitrogens with zero attached hydrogens (tertiary/aromatic N) is 5. The van der Waals surface area contributed by atoms with E-state index >= 15 is 0 Å². The molecule has 1 amide bonds. The van der Waals surface area contributed by atoms with E-state index in [4.69, 9.17) is 9.47 Å². The number of amides is 1. The second-order valence-electron chi connectivity index (χ2n) is 6.50. The third-order valence-corrected chi connectivity index (χ3v) is 4.21. The molecule has 140 valence electrons. The molecule has 0 fully saturated rings. The van der Waals surface area contributed by atoms with E-state index in [2.05, 4.69) is 20.3 Å². The van der Waals surface area contributed by atoms with Crippen LogP contribution in [0.2, 0.25) is 0 Å². The molecule has 4 rings (SSSR count). The minimum absolute atomic E-state index is 0.201. The molecule has 9 heteroatoms. The average Bonchev–Trinajstić information content (AvgIpc) is 3.30. The molecule has 1 aliphatic rings. The molecule has 1 N–H and O–H groups in total. The number of H-pyrrole nitrogens is 1. The molecule has 27 heavy (non-hydrogen) atoms. The molecule has 2 aromatic heterocycles. The zero-order valence-corrected chi connectivity index (χ0v) is 15.1. The number of aryl methyl sites for hydroxylation is 1. The summed E-state index contributed by atoms with van der Waals surface area (Å²) in [7, 11) is 1.70. The molecular formula is C18H20N6O3. The van der Waals surface area contributed by atoms with Crippen LogP contribution < -0.4 is 9.47 Å². The van der Waals surface area contributed by atoms with Gasteiger partial charge in [-0.2, -0.15) is 0 Å². The number of aromatic amines is 1. The van der Waals surface area contributed by atoms with Crippen molar-refractivity contribution in [2.75, 3.05) is 13.7 Å². The normalized spacial score (nSPS) is 15.6. The Morgan fingerprint density at radius 1 is 1.37 bits per heavy atom. The fourth-order valence-electron chi connectivity index (χ4n) is 2.89. The average molecular weight is 368 g/mol. The zero-order chi connectivity index (χ0) is 18.8. The Morgan fingerprint density at radius 2 is 2.19 bits per heavy atom. The number of carbonyl (C=O) groups is 1. The number of benzene rings is 1. The molecule has 1 aliphatic heterocycles. The predicted octanol–water partition coefficient (Wildman–Crippen LogP) is 1.42. The topological polar surface area (TPSA) is 98.2 Å². The van der Waals surface area contributed by atoms with Crippen molar-refractivity contribution in [1.82, 2.24) is 29.9 Å². The lowest BCUT2D eigenvalue weighted by Crippen LogP contribution is -2.33. The Labute approximate surface area is 155 Å². The van der Waals surface area contributed by atoms with Gasteiger partial charge >= 0.3 is 0 Å². The Bertz CT molecular complexity index is 950. The lowest BCUT2D eigenvalue weighted by atomic mass is 10.2. The van der Waals surface area contributed by atoms with Crippen LogP contribution in [0.5, 0.6) is 11.5 Å². The summed E-state index contributed by atoms with van der Waals surface area (Å²) in [6.07, 6.45) is 3.15. The van der Waals surface area contributed by atoms with E-state index in [-0.39, 0.29) is 17.7 Å². The molecule has 0 saturated carbocycles. The molecule has 0 bridgehead atoms. The van der Waals surface area contributed by atoms with Crippen molar-refractivity contribution in [3.05, 3.63) is 53.9 Å². The number of hydrogen-bond donors (Lipinski definition) is 1. The summed E-state index contributed by atoms with van der Waals surface area (Å²) in [4.78, 5) is 21.4. The van der Waals surface area contributed by atoms with Crippen LogP contribution in [0, 0.1) is 6.92 Å². The number of hydrogen-bond acceptors (Lipinski definition) is 6. The fourth-order valence-corrected chi connectivity index (χ4v) is 2.89. The summed E-state index contributed by atoms with van der Waals surface area (Å²) >= 11 is 0. The third-order valence-electron chi connectivity index (χ3n) is 4.21. The highest BCUT2D eigenvalue weighted by atomic mass is 16.6. The highest BCUT2D eigenvalue weighted by Crippen LogP contribution is 2.31. The summed E-state index contributed by atoms with van der Waals surface area (Å²) in [5.74, 6) is 1.94. The molecule has 3 heterocycles. The van der Waals surface area contributed by atoms with Crippen molar-refractivity contribution in [3.63, 3.8) is 0 Å². The lowest BCUT2D eigenvalue weighted by Gasteiger charge is -2.26. The van der Waals surface area contributed by atoms with Gasteiger partial charge in [0.25, 0.3) is 5.91 Å². The van der Waals surface area contributed by atoms with Gasteiger partial charge in [-0.05, 0) is 19.1 Å². The predicted molar refractivity (Wildman–Crippen MR) is 95.5 cm³/mol. The maximum absolute atomic E-state index is 12.5. The second-order valence-corrected chi connectivity index (χ2v) is 6.50. The molecule has 0 saturated heterocycles. The van der Waals surface area contributed by atoms with Crippen LogP contribution in [0.3, 0.4) is 0 Å². The van der Waals surface area contributed by atoms with Crippen LogP contribution in [0.1, 0.15) is 22.0 Å². The Morgan fingerprint density at radius 3 is 2.96 bits per heavy atom. The van der Waals surface area contributed by atoms with Gasteiger partial charge in [0, 0.05) is 18.9 Å². The number of rotatable bonds is 5. The van der Waals surface area contributed by atoms with Crippen LogP contribution >= 0.6 is 0 Å². The first kappa shape index (κ1) is 17.1. The minimum atomic E-state index is -0.221. The number of fused-ring (bicyclic) bond motifs is 1. The number of ether oxygens (including phenoxy) is 2. The van der Waals surface area contributed by atoms with Crippen molar-refractivity contribution >= 4 is 5.91 Å². The first-order chi connectivity index (χ1) is 13.1. The number of nitrogens with one attached hydrogen (secondary N) is 1. The van der Waals surface area contributed by atoms with Crippen molar-refractivity contribution in [2.24, 2.45) is 0 Å². The summed E-state index contributed by atoms with van der Waals surface area (Å²) in [6, 6.07) is 7.53. The SMILES string of the molecule is Cc1cnc(CN(C)C(=O)c2cn(C[C@H]3COc4ccccc4O3)nn2)[nH]1. The molecule has 0 aliphatic carbocycles. The van der Waals surface area contributed by atoms with E-state index in [1.165, 1.54) is 0 Å². The summed E-state index contributed by atoms with van der Waals surface area (Å²) in [6.45, 7) is 3.14. The molecule has 0 spiro atoms. The number of carbonyl (C=O) groups excluding carboxylic acids is 1. The first-order valence-electron chi connectivity index (χ1n) is 8.63. The van der Waals surface area contributed by atoms with Gasteiger partial charge in [0.05, 0.1) is 19.3 Å². The summed E-state index contributed by atoms with van der Waals surface area (Å²) in [5, 5.41) is 8.03. The van der Waals surface area contributed by atoms with Gasteiger partial charge in [-0.15, -0.1) is 5.10 Å². The van der Waals surface area contributed by atoms with Gasteiger partial charge in [0.2, 0.25) is 0 Å². The second kappa shape index (κ2) is 7.10. The fraction of sp³-hybridized carbons (Fsp3) is 0.333. The van der Waals surface area contributed by atoms with Crippen LogP contribution in [-0.2, 0) is 13.1 Å². The van der Waals surface area contributed by atoms with Gasteiger partial charge < -0.3 is 19.4 Å². The molecule has 1 atom stereocenters. The van der Waals surface area contributed by atoms with Crippen molar-refractivity contribution in [3.8, 4) is 11.5 Å². The largest absolute Gasteiger partial charge is 0.486 e. The van der Waals surface area contributed by atoms with Crippen LogP contribution in [0.4, 0.5) is 0 Å². The van der Waals surface area contributed by atoms with E-state index in [0.29, 0.717) is 25.4 Å². The van der Waals surface area contributed by atoms with E-state index in [1.54, 1.807) is 29.0 Å². The van der Waals surface area contributed by atoms with Crippen LogP contribution in [0.25, 0.3) is 0 Å². The van der Waals surface area contributed by atoms with E-state index in [1.807, 2.05) is 31.2 Å². The zero-order valence-electron chi connectivity index (χ0n) is 15.1. The van der Waals surface area contributed by atoms with Crippen LogP contribution in [-0.4, -0.2) is 55.5 Å².